The van der Waals surface area contributed by atoms with Crippen LogP contribution in [-0.2, 0) is 39.4 Å². The predicted octanol–water partition coefficient (Wildman–Crippen LogP) is 5.52. The lowest BCUT2D eigenvalue weighted by molar-refractivity contribution is -0.146. The first-order valence-corrected chi connectivity index (χ1v) is 18.3. The Morgan fingerprint density at radius 1 is 1.07 bits per heavy atom. The lowest BCUT2D eigenvalue weighted by Crippen LogP contribution is -2.45. The van der Waals surface area contributed by atoms with Crippen LogP contribution >= 0.6 is 0 Å². The Balaban J connectivity index is 1.43. The van der Waals surface area contributed by atoms with Gasteiger partial charge in [-0.3, -0.25) is 19.2 Å². The molecule has 0 unspecified atom stereocenters. The van der Waals surface area contributed by atoms with Crippen LogP contribution < -0.4 is 9.80 Å². The number of aryl methyl sites for hydroxylation is 1. The molecule has 0 radical (unpaired) electrons. The van der Waals surface area contributed by atoms with Crippen LogP contribution in [-0.4, -0.2) is 53.5 Å². The van der Waals surface area contributed by atoms with Crippen LogP contribution in [0.5, 0.6) is 0 Å². The number of ether oxygens (including phenoxy) is 1. The minimum atomic E-state index is -3.37. The Labute approximate surface area is 263 Å². The molecule has 1 fully saturated rings. The van der Waals surface area contributed by atoms with Gasteiger partial charge < -0.3 is 18.9 Å². The van der Waals surface area contributed by atoms with Gasteiger partial charge in [0.25, 0.3) is 5.91 Å². The number of fused-ring (bicyclic) bond motifs is 2. The third-order valence-corrected chi connectivity index (χ3v) is 11.6. The van der Waals surface area contributed by atoms with Crippen molar-refractivity contribution in [2.45, 2.75) is 63.2 Å². The van der Waals surface area contributed by atoms with Gasteiger partial charge in [0.2, 0.25) is 14.8 Å². The second-order valence-electron chi connectivity index (χ2n) is 12.4. The van der Waals surface area contributed by atoms with Crippen molar-refractivity contribution < 1.29 is 23.5 Å². The topological polar surface area (TPSA) is 101 Å². The average molecular weight is 628 g/mol. The van der Waals surface area contributed by atoms with Crippen LogP contribution in [0.1, 0.15) is 30.2 Å². The molecule has 11 heteroatoms. The number of amides is 2. The summed E-state index contributed by atoms with van der Waals surface area (Å²) in [6.45, 7) is 6.03. The number of aliphatic hydroxyl groups excluding tert-OH is 1. The van der Waals surface area contributed by atoms with Gasteiger partial charge >= 0.3 is 0 Å². The van der Waals surface area contributed by atoms with E-state index in [-0.39, 0.29) is 12.5 Å². The van der Waals surface area contributed by atoms with Crippen molar-refractivity contribution in [3.05, 3.63) is 102 Å². The molecule has 1 aromatic heterocycles. The smallest absolute Gasteiger partial charge is 0.264 e. The summed E-state index contributed by atoms with van der Waals surface area (Å²) in [6, 6.07) is 24.6. The van der Waals surface area contributed by atoms with E-state index in [1.807, 2.05) is 85.8 Å². The summed E-state index contributed by atoms with van der Waals surface area (Å²) in [7, 11) is -3.37. The zero-order valence-corrected chi connectivity index (χ0v) is 26.7. The molecule has 4 atom stereocenters. The van der Waals surface area contributed by atoms with E-state index in [1.165, 1.54) is 4.90 Å². The summed E-state index contributed by atoms with van der Waals surface area (Å²) >= 11 is 0. The maximum absolute atomic E-state index is 16.3. The fourth-order valence-corrected chi connectivity index (χ4v) is 9.72. The number of hydrogen-bond donors (Lipinski definition) is 1. The maximum Gasteiger partial charge on any atom is 0.264 e. The highest BCUT2D eigenvalue weighted by molar-refractivity contribution is 6.72. The lowest BCUT2D eigenvalue weighted by atomic mass is 9.82. The van der Waals surface area contributed by atoms with Crippen LogP contribution in [0.15, 0.2) is 85.1 Å². The van der Waals surface area contributed by atoms with E-state index in [1.54, 1.807) is 28.9 Å². The van der Waals surface area contributed by atoms with Gasteiger partial charge in [-0.15, -0.1) is 5.10 Å². The van der Waals surface area contributed by atoms with Gasteiger partial charge in [0.15, 0.2) is 5.60 Å². The average Bonchev–Trinajstić information content (AvgIpc) is 3.67. The Bertz CT molecular complexity index is 1660. The number of hydrogen-bond acceptors (Lipinski definition) is 6. The molecule has 2 aliphatic heterocycles. The van der Waals surface area contributed by atoms with Gasteiger partial charge in [-0.1, -0.05) is 60.7 Å². The molecule has 9 nitrogen and oxygen atoms in total. The summed E-state index contributed by atoms with van der Waals surface area (Å²) in [5, 5.41) is 17.5. The van der Waals surface area contributed by atoms with Crippen LogP contribution in [0, 0.1) is 5.92 Å². The Morgan fingerprint density at radius 2 is 1.78 bits per heavy atom. The summed E-state index contributed by atoms with van der Waals surface area (Å²) in [5.41, 5.74) is 2.35. The van der Waals surface area contributed by atoms with E-state index < -0.39 is 31.6 Å². The van der Waals surface area contributed by atoms with E-state index in [9.17, 15) is 14.7 Å². The molecule has 1 N–H and O–H groups in total. The SMILES string of the molecule is C[C@H]1[C@H]([Si](C)(C)F)[C@@H](CCn2cc(CCO)nn2)O[C@]12C(=O)N(Cc1ccccc1)c1ccc(N(C=O)c3ccccc3)cc12. The Morgan fingerprint density at radius 3 is 2.44 bits per heavy atom. The minimum Gasteiger partial charge on any atom is -0.396 e. The number of halogens is 1. The molecule has 0 aliphatic carbocycles. The number of aliphatic hydroxyl groups is 1. The highest BCUT2D eigenvalue weighted by Gasteiger charge is 2.66. The number of aromatic nitrogens is 3. The third-order valence-electron chi connectivity index (χ3n) is 9.14. The van der Waals surface area contributed by atoms with E-state index in [0.717, 1.165) is 12.0 Å². The molecular weight excluding hydrogens is 589 g/mol. The van der Waals surface area contributed by atoms with E-state index >= 15 is 4.11 Å². The van der Waals surface area contributed by atoms with E-state index in [4.69, 9.17) is 4.74 Å². The number of carbonyl (C=O) groups is 2. The van der Waals surface area contributed by atoms with Gasteiger partial charge in [0.05, 0.1) is 24.0 Å². The van der Waals surface area contributed by atoms with Crippen molar-refractivity contribution in [2.24, 2.45) is 5.92 Å². The first kappa shape index (κ1) is 30.8. The van der Waals surface area contributed by atoms with E-state index in [0.29, 0.717) is 54.3 Å². The van der Waals surface area contributed by atoms with Gasteiger partial charge in [-0.05, 0) is 55.4 Å². The summed E-state index contributed by atoms with van der Waals surface area (Å²) in [5.74, 6) is -0.696. The highest BCUT2D eigenvalue weighted by atomic mass is 28.4. The number of anilines is 3. The lowest BCUT2D eigenvalue weighted by Gasteiger charge is -2.31. The molecule has 1 spiro atoms. The van der Waals surface area contributed by atoms with Crippen molar-refractivity contribution in [3.63, 3.8) is 0 Å². The number of carbonyl (C=O) groups excluding carboxylic acids is 2. The fraction of sp³-hybridized carbons (Fsp3) is 0.353. The highest BCUT2D eigenvalue weighted by Crippen LogP contribution is 2.60. The first-order valence-electron chi connectivity index (χ1n) is 15.3. The van der Waals surface area contributed by atoms with Crippen molar-refractivity contribution >= 4 is 37.8 Å². The fourth-order valence-electron chi connectivity index (χ4n) is 7.17. The summed E-state index contributed by atoms with van der Waals surface area (Å²) < 4.78 is 24.9. The number of benzene rings is 3. The standard InChI is InChI=1S/C34H38FN5O4Si/c1-24-32(45(2,3)35)31(16-18-38-22-26(17-19-41)36-37-38)44-34(24)29-20-28(40(23-42)27-12-8-5-9-13-27)14-15-30(29)39(33(34)43)21-25-10-6-4-7-11-25/h4-15,20,22-24,31-32,41H,16-19,21H2,1-3H3/t24-,31+,32-,34+/m0/s1. The zero-order valence-electron chi connectivity index (χ0n) is 25.7. The summed E-state index contributed by atoms with van der Waals surface area (Å²) in [4.78, 5) is 30.4. The third kappa shape index (κ3) is 5.60. The monoisotopic (exact) mass is 627 g/mol. The van der Waals surface area contributed by atoms with Gasteiger partial charge in [0, 0.05) is 54.2 Å². The normalized spacial score (nSPS) is 22.6. The quantitative estimate of drug-likeness (QED) is 0.134. The number of rotatable bonds is 11. The van der Waals surface area contributed by atoms with Gasteiger partial charge in [0.1, 0.15) is 0 Å². The van der Waals surface area contributed by atoms with Crippen LogP contribution in [0.3, 0.4) is 0 Å². The van der Waals surface area contributed by atoms with Crippen LogP contribution in [0.2, 0.25) is 18.6 Å². The van der Waals surface area contributed by atoms with Crippen molar-refractivity contribution in [1.82, 2.24) is 15.0 Å². The largest absolute Gasteiger partial charge is 0.396 e. The van der Waals surface area contributed by atoms with Crippen LogP contribution in [0.4, 0.5) is 21.2 Å². The molecule has 234 valence electrons. The van der Waals surface area contributed by atoms with Crippen molar-refractivity contribution in [3.8, 4) is 0 Å². The van der Waals surface area contributed by atoms with Gasteiger partial charge in [-0.2, -0.15) is 0 Å². The molecule has 1 saturated heterocycles. The first-order chi connectivity index (χ1) is 21.7. The summed E-state index contributed by atoms with van der Waals surface area (Å²) in [6.07, 6.45) is 2.82. The van der Waals surface area contributed by atoms with Crippen LogP contribution in [0.25, 0.3) is 0 Å². The molecule has 6 rings (SSSR count). The van der Waals surface area contributed by atoms with Gasteiger partial charge in [-0.25, -0.2) is 0 Å². The molecule has 3 heterocycles. The molecule has 3 aromatic carbocycles. The maximum atomic E-state index is 16.3. The molecular formula is C34H38FN5O4Si. The molecule has 2 aliphatic rings. The molecule has 0 bridgehead atoms. The number of para-hydroxylation sites is 1. The molecule has 45 heavy (non-hydrogen) atoms. The van der Waals surface area contributed by atoms with E-state index in [2.05, 4.69) is 10.3 Å². The second kappa shape index (κ2) is 12.3. The minimum absolute atomic E-state index is 0.0248. The molecule has 4 aromatic rings. The van der Waals surface area contributed by atoms with Crippen molar-refractivity contribution in [2.75, 3.05) is 16.4 Å². The second-order valence-corrected chi connectivity index (χ2v) is 16.2. The molecule has 0 saturated carbocycles. The number of nitrogens with zero attached hydrogens (tertiary/aromatic N) is 5. The van der Waals surface area contributed by atoms with Crippen molar-refractivity contribution in [1.29, 1.82) is 0 Å². The molecule has 2 amide bonds. The Kier molecular flexibility index (Phi) is 8.42. The zero-order chi connectivity index (χ0) is 31.8. The Hall–Kier alpha value is -4.19. The predicted molar refractivity (Wildman–Crippen MR) is 172 cm³/mol.